The number of rotatable bonds is 2. The molecule has 1 aliphatic rings. The van der Waals surface area contributed by atoms with Crippen molar-refractivity contribution in [2.45, 2.75) is 13.5 Å². The van der Waals surface area contributed by atoms with Crippen LogP contribution in [0.25, 0.3) is 16.6 Å². The summed E-state index contributed by atoms with van der Waals surface area (Å²) in [5, 5.41) is 0.884. The molecule has 0 saturated carbocycles. The van der Waals surface area contributed by atoms with E-state index >= 15 is 0 Å². The minimum Gasteiger partial charge on any atom is -0.339 e. The fraction of sp³-hybridized carbons (Fsp3) is 0.389. The lowest BCUT2D eigenvalue weighted by Gasteiger charge is -2.32. The van der Waals surface area contributed by atoms with Crippen LogP contribution in [0.15, 0.2) is 35.1 Å². The monoisotopic (exact) mass is 339 g/mol. The Morgan fingerprint density at radius 3 is 2.64 bits per heavy atom. The van der Waals surface area contributed by atoms with Crippen LogP contribution in [0.3, 0.4) is 0 Å². The summed E-state index contributed by atoms with van der Waals surface area (Å²) in [6, 6.07) is 9.26. The highest BCUT2D eigenvalue weighted by Gasteiger charge is 2.21. The Hall–Kier alpha value is -2.67. The zero-order chi connectivity index (χ0) is 17.6. The molecule has 0 spiro atoms. The topological polar surface area (TPSA) is 62.9 Å². The fourth-order valence-corrected chi connectivity index (χ4v) is 3.51. The third-order valence-electron chi connectivity index (χ3n) is 4.89. The van der Waals surface area contributed by atoms with E-state index < -0.39 is 0 Å². The molecule has 1 fully saturated rings. The summed E-state index contributed by atoms with van der Waals surface area (Å²) >= 11 is 0. The highest BCUT2D eigenvalue weighted by atomic mass is 16.2. The second-order valence-electron chi connectivity index (χ2n) is 6.63. The highest BCUT2D eigenvalue weighted by molar-refractivity contribution is 5.93. The maximum Gasteiger partial charge on any atom is 0.273 e. The van der Waals surface area contributed by atoms with Crippen LogP contribution in [0.5, 0.6) is 0 Å². The van der Waals surface area contributed by atoms with E-state index in [1.165, 1.54) is 6.07 Å². The summed E-state index contributed by atoms with van der Waals surface area (Å²) in [6.07, 6.45) is 0. The van der Waals surface area contributed by atoms with Gasteiger partial charge in [-0.15, -0.1) is 0 Å². The van der Waals surface area contributed by atoms with Gasteiger partial charge in [0.05, 0.1) is 5.52 Å². The van der Waals surface area contributed by atoms with E-state index in [-0.39, 0.29) is 18.0 Å². The van der Waals surface area contributed by atoms with Gasteiger partial charge in [0.25, 0.3) is 5.56 Å². The molecule has 3 aromatic rings. The zero-order valence-corrected chi connectivity index (χ0v) is 14.5. The number of amides is 1. The minimum atomic E-state index is -0.259. The van der Waals surface area contributed by atoms with Crippen LogP contribution >= 0.6 is 0 Å². The van der Waals surface area contributed by atoms with Gasteiger partial charge in [-0.05, 0) is 26.1 Å². The molecule has 2 aromatic heterocycles. The second kappa shape index (κ2) is 6.00. The Morgan fingerprint density at radius 2 is 1.88 bits per heavy atom. The number of benzene rings is 1. The van der Waals surface area contributed by atoms with Crippen LogP contribution < -0.4 is 5.56 Å². The van der Waals surface area contributed by atoms with E-state index in [0.29, 0.717) is 5.65 Å². The van der Waals surface area contributed by atoms with E-state index in [0.717, 1.165) is 42.8 Å². The van der Waals surface area contributed by atoms with Crippen LogP contribution in [-0.4, -0.2) is 63.1 Å². The number of para-hydroxylation sites is 1. The van der Waals surface area contributed by atoms with E-state index in [9.17, 15) is 9.59 Å². The first-order chi connectivity index (χ1) is 12.0. The molecule has 1 saturated heterocycles. The molecule has 4 rings (SSSR count). The lowest BCUT2D eigenvalue weighted by molar-refractivity contribution is -0.133. The maximum atomic E-state index is 12.8. The number of hydrogen-bond donors (Lipinski definition) is 0. The van der Waals surface area contributed by atoms with Gasteiger partial charge >= 0.3 is 0 Å². The number of fused-ring (bicyclic) bond motifs is 3. The van der Waals surface area contributed by atoms with Crippen LogP contribution in [0.1, 0.15) is 5.69 Å². The first-order valence-electron chi connectivity index (χ1n) is 8.49. The van der Waals surface area contributed by atoms with Crippen LogP contribution in [0.2, 0.25) is 0 Å². The second-order valence-corrected chi connectivity index (χ2v) is 6.63. The number of piperazine rings is 1. The van der Waals surface area contributed by atoms with Crippen molar-refractivity contribution in [3.05, 3.63) is 46.4 Å². The molecule has 0 N–H and O–H groups in total. The molecule has 7 nitrogen and oxygen atoms in total. The third-order valence-corrected chi connectivity index (χ3v) is 4.89. The molecule has 1 amide bonds. The van der Waals surface area contributed by atoms with Gasteiger partial charge in [0.2, 0.25) is 5.91 Å². The maximum absolute atomic E-state index is 12.8. The van der Waals surface area contributed by atoms with Crippen LogP contribution in [0, 0.1) is 6.92 Å². The standard InChI is InChI=1S/C18H21N5O2/c1-13-11-16(24)19-18-14-5-3-4-6-15(14)22(23(13)18)12-17(25)21-9-7-20(2)8-10-21/h3-6,11H,7-10,12H2,1-2H3. The number of aryl methyl sites for hydroxylation is 1. The Kier molecular flexibility index (Phi) is 3.80. The molecule has 7 heteroatoms. The quantitative estimate of drug-likeness (QED) is 0.691. The van der Waals surface area contributed by atoms with Gasteiger partial charge in [0.15, 0.2) is 5.65 Å². The molecular weight excluding hydrogens is 318 g/mol. The average Bonchev–Trinajstić information content (AvgIpc) is 2.90. The molecule has 3 heterocycles. The Bertz CT molecular complexity index is 1010. The Labute approximate surface area is 145 Å². The van der Waals surface area contributed by atoms with E-state index in [1.807, 2.05) is 45.3 Å². The van der Waals surface area contributed by atoms with Crippen LogP contribution in [-0.2, 0) is 11.3 Å². The van der Waals surface area contributed by atoms with Crippen molar-refractivity contribution in [2.24, 2.45) is 0 Å². The van der Waals surface area contributed by atoms with Crippen molar-refractivity contribution in [3.63, 3.8) is 0 Å². The van der Waals surface area contributed by atoms with Gasteiger partial charge in [-0.2, -0.15) is 4.98 Å². The van der Waals surface area contributed by atoms with Crippen molar-refractivity contribution in [1.82, 2.24) is 24.0 Å². The summed E-state index contributed by atoms with van der Waals surface area (Å²) in [6.45, 7) is 5.39. The molecule has 25 heavy (non-hydrogen) atoms. The van der Waals surface area contributed by atoms with Gasteiger partial charge in [-0.1, -0.05) is 12.1 Å². The van der Waals surface area contributed by atoms with Crippen LogP contribution in [0.4, 0.5) is 0 Å². The first kappa shape index (κ1) is 15.8. The number of likely N-dealkylation sites (N-methyl/N-ethyl adjacent to an activating group) is 1. The van der Waals surface area contributed by atoms with E-state index in [2.05, 4.69) is 16.9 Å². The molecule has 1 aromatic carbocycles. The van der Waals surface area contributed by atoms with Crippen molar-refractivity contribution in [2.75, 3.05) is 33.2 Å². The summed E-state index contributed by atoms with van der Waals surface area (Å²) in [5.41, 5.74) is 2.03. The fourth-order valence-electron chi connectivity index (χ4n) is 3.51. The van der Waals surface area contributed by atoms with Gasteiger partial charge in [0, 0.05) is 43.3 Å². The molecular formula is C18H21N5O2. The lowest BCUT2D eigenvalue weighted by Crippen LogP contribution is -2.48. The summed E-state index contributed by atoms with van der Waals surface area (Å²) in [5.74, 6) is 0.0915. The molecule has 0 radical (unpaired) electrons. The summed E-state index contributed by atoms with van der Waals surface area (Å²) < 4.78 is 3.80. The molecule has 0 bridgehead atoms. The predicted octanol–water partition coefficient (Wildman–Crippen LogP) is 0.732. The van der Waals surface area contributed by atoms with Crippen molar-refractivity contribution in [1.29, 1.82) is 0 Å². The van der Waals surface area contributed by atoms with E-state index in [1.54, 1.807) is 0 Å². The van der Waals surface area contributed by atoms with Crippen molar-refractivity contribution in [3.8, 4) is 0 Å². The molecule has 0 aliphatic carbocycles. The summed E-state index contributed by atoms with van der Waals surface area (Å²) in [4.78, 5) is 33.0. The lowest BCUT2D eigenvalue weighted by atomic mass is 10.2. The molecule has 0 atom stereocenters. The molecule has 1 aliphatic heterocycles. The van der Waals surface area contributed by atoms with E-state index in [4.69, 9.17) is 0 Å². The van der Waals surface area contributed by atoms with Gasteiger partial charge in [-0.25, -0.2) is 4.52 Å². The number of carbonyl (C=O) groups is 1. The number of hydrogen-bond acceptors (Lipinski definition) is 4. The van der Waals surface area contributed by atoms with Gasteiger partial charge in [-0.3, -0.25) is 14.3 Å². The first-order valence-corrected chi connectivity index (χ1v) is 8.49. The Morgan fingerprint density at radius 1 is 1.16 bits per heavy atom. The zero-order valence-electron chi connectivity index (χ0n) is 14.5. The number of aromatic nitrogens is 3. The Balaban J connectivity index is 1.80. The van der Waals surface area contributed by atoms with Gasteiger partial charge < -0.3 is 9.80 Å². The highest BCUT2D eigenvalue weighted by Crippen LogP contribution is 2.21. The predicted molar refractivity (Wildman–Crippen MR) is 95.8 cm³/mol. The van der Waals surface area contributed by atoms with Crippen molar-refractivity contribution >= 4 is 22.5 Å². The third kappa shape index (κ3) is 2.70. The molecule has 130 valence electrons. The average molecular weight is 339 g/mol. The number of nitrogens with zero attached hydrogens (tertiary/aromatic N) is 5. The molecule has 0 unspecified atom stereocenters. The largest absolute Gasteiger partial charge is 0.339 e. The number of carbonyl (C=O) groups excluding carboxylic acids is 1. The summed E-state index contributed by atoms with van der Waals surface area (Å²) in [7, 11) is 2.07. The van der Waals surface area contributed by atoms with Gasteiger partial charge in [0.1, 0.15) is 6.54 Å². The smallest absolute Gasteiger partial charge is 0.273 e. The van der Waals surface area contributed by atoms with Crippen molar-refractivity contribution < 1.29 is 4.79 Å². The normalized spacial score (nSPS) is 16.0. The minimum absolute atomic E-state index is 0.0915. The SMILES string of the molecule is Cc1cc(=O)nc2c3ccccc3n(CC(=O)N3CCN(C)CC3)n12.